The number of halogens is 2. The molecule has 126 valence electrons. The lowest BCUT2D eigenvalue weighted by atomic mass is 9.86. The molecule has 1 unspecified atom stereocenters. The smallest absolute Gasteiger partial charge is 0.303 e. The summed E-state index contributed by atoms with van der Waals surface area (Å²) < 4.78 is 26.4. The van der Waals surface area contributed by atoms with Crippen LogP contribution in [0.3, 0.4) is 0 Å². The van der Waals surface area contributed by atoms with Crippen molar-refractivity contribution in [3.63, 3.8) is 0 Å². The molecule has 1 aromatic carbocycles. The van der Waals surface area contributed by atoms with Crippen molar-refractivity contribution in [2.75, 3.05) is 0 Å². The summed E-state index contributed by atoms with van der Waals surface area (Å²) in [5.41, 5.74) is 0.822. The minimum atomic E-state index is -2.67. The molecule has 1 fully saturated rings. The van der Waals surface area contributed by atoms with E-state index < -0.39 is 23.9 Å². The number of carboxylic acid groups (broad SMARTS) is 1. The minimum absolute atomic E-state index is 0.0669. The zero-order valence-electron chi connectivity index (χ0n) is 12.8. The van der Waals surface area contributed by atoms with Gasteiger partial charge in [-0.05, 0) is 24.8 Å². The SMILES string of the molecule is O=C(O)CCC(NC(=O)C1CCC(F)(F)CC1)c1ccccc1. The van der Waals surface area contributed by atoms with Crippen molar-refractivity contribution in [3.05, 3.63) is 35.9 Å². The second-order valence-corrected chi connectivity index (χ2v) is 6.03. The number of nitrogens with one attached hydrogen (secondary N) is 1. The number of carbonyl (C=O) groups excluding carboxylic acids is 1. The summed E-state index contributed by atoms with van der Waals surface area (Å²) in [6.45, 7) is 0. The number of hydrogen-bond donors (Lipinski definition) is 2. The van der Waals surface area contributed by atoms with Crippen molar-refractivity contribution in [3.8, 4) is 0 Å². The summed E-state index contributed by atoms with van der Waals surface area (Å²) in [4.78, 5) is 23.1. The molecule has 2 N–H and O–H groups in total. The lowest BCUT2D eigenvalue weighted by Crippen LogP contribution is -2.38. The number of amides is 1. The first kappa shape index (κ1) is 17.4. The molecule has 1 atom stereocenters. The normalized spacial score (nSPS) is 19.0. The molecule has 23 heavy (non-hydrogen) atoms. The van der Waals surface area contributed by atoms with Crippen molar-refractivity contribution < 1.29 is 23.5 Å². The maximum atomic E-state index is 13.2. The van der Waals surface area contributed by atoms with Gasteiger partial charge in [0.15, 0.2) is 0 Å². The number of carboxylic acids is 1. The zero-order chi connectivity index (χ0) is 16.9. The summed E-state index contributed by atoms with van der Waals surface area (Å²) in [6.07, 6.45) is 0.00151. The van der Waals surface area contributed by atoms with Crippen LogP contribution < -0.4 is 5.32 Å². The molecule has 1 saturated carbocycles. The van der Waals surface area contributed by atoms with Gasteiger partial charge < -0.3 is 10.4 Å². The topological polar surface area (TPSA) is 66.4 Å². The fourth-order valence-electron chi connectivity index (χ4n) is 2.87. The summed E-state index contributed by atoms with van der Waals surface area (Å²) in [5.74, 6) is -4.29. The van der Waals surface area contributed by atoms with E-state index in [-0.39, 0.29) is 44.4 Å². The van der Waals surface area contributed by atoms with Crippen LogP contribution in [-0.2, 0) is 9.59 Å². The average molecular weight is 325 g/mol. The predicted octanol–water partition coefficient (Wildman–Crippen LogP) is 3.53. The number of alkyl halides is 2. The van der Waals surface area contributed by atoms with E-state index in [1.807, 2.05) is 30.3 Å². The largest absolute Gasteiger partial charge is 0.481 e. The van der Waals surface area contributed by atoms with E-state index in [1.54, 1.807) is 0 Å². The summed E-state index contributed by atoms with van der Waals surface area (Å²) in [5, 5.41) is 11.7. The second-order valence-electron chi connectivity index (χ2n) is 6.03. The molecule has 6 heteroatoms. The van der Waals surface area contributed by atoms with Crippen LogP contribution in [0.1, 0.15) is 50.1 Å². The van der Waals surface area contributed by atoms with Crippen LogP contribution in [0.2, 0.25) is 0 Å². The molecular formula is C17H21F2NO3. The first-order valence-corrected chi connectivity index (χ1v) is 7.82. The quantitative estimate of drug-likeness (QED) is 0.841. The molecule has 1 aromatic rings. The summed E-state index contributed by atoms with van der Waals surface area (Å²) in [7, 11) is 0. The maximum Gasteiger partial charge on any atom is 0.303 e. The molecule has 1 amide bonds. The monoisotopic (exact) mass is 325 g/mol. The Kier molecular flexibility index (Phi) is 5.69. The summed E-state index contributed by atoms with van der Waals surface area (Å²) in [6, 6.07) is 8.70. The van der Waals surface area contributed by atoms with Crippen LogP contribution in [0.5, 0.6) is 0 Å². The van der Waals surface area contributed by atoms with Crippen molar-refractivity contribution in [2.24, 2.45) is 5.92 Å². The number of aliphatic carboxylic acids is 1. The Morgan fingerprint density at radius 1 is 1.22 bits per heavy atom. The Morgan fingerprint density at radius 3 is 2.39 bits per heavy atom. The van der Waals surface area contributed by atoms with E-state index in [0.717, 1.165) is 5.56 Å². The van der Waals surface area contributed by atoms with Crippen LogP contribution in [0, 0.1) is 5.92 Å². The van der Waals surface area contributed by atoms with Gasteiger partial charge in [-0.3, -0.25) is 9.59 Å². The Bertz CT molecular complexity index is 538. The molecule has 4 nitrogen and oxygen atoms in total. The van der Waals surface area contributed by atoms with Gasteiger partial charge in [0.2, 0.25) is 11.8 Å². The van der Waals surface area contributed by atoms with Crippen LogP contribution in [0.15, 0.2) is 30.3 Å². The summed E-state index contributed by atoms with van der Waals surface area (Å²) >= 11 is 0. The third-order valence-electron chi connectivity index (χ3n) is 4.25. The number of carbonyl (C=O) groups is 2. The van der Waals surface area contributed by atoms with E-state index in [2.05, 4.69) is 5.32 Å². The highest BCUT2D eigenvalue weighted by Gasteiger charge is 2.37. The molecule has 0 saturated heterocycles. The molecule has 0 bridgehead atoms. The van der Waals surface area contributed by atoms with Gasteiger partial charge >= 0.3 is 5.97 Å². The molecule has 0 heterocycles. The minimum Gasteiger partial charge on any atom is -0.481 e. The number of hydrogen-bond acceptors (Lipinski definition) is 2. The first-order chi connectivity index (χ1) is 10.9. The molecule has 0 spiro atoms. The van der Waals surface area contributed by atoms with Crippen molar-refractivity contribution in [1.82, 2.24) is 5.32 Å². The standard InChI is InChI=1S/C17H21F2NO3/c18-17(19)10-8-13(9-11-17)16(23)20-14(6-7-15(21)22)12-4-2-1-3-5-12/h1-5,13-14H,6-11H2,(H,20,23)(H,21,22). The third kappa shape index (κ3) is 5.30. The van der Waals surface area contributed by atoms with Gasteiger partial charge in [-0.2, -0.15) is 0 Å². The van der Waals surface area contributed by atoms with E-state index in [4.69, 9.17) is 5.11 Å². The van der Waals surface area contributed by atoms with Crippen molar-refractivity contribution >= 4 is 11.9 Å². The Morgan fingerprint density at radius 2 is 1.83 bits per heavy atom. The molecule has 1 aliphatic carbocycles. The fraction of sp³-hybridized carbons (Fsp3) is 0.529. The van der Waals surface area contributed by atoms with E-state index in [0.29, 0.717) is 0 Å². The van der Waals surface area contributed by atoms with E-state index in [9.17, 15) is 18.4 Å². The molecule has 2 rings (SSSR count). The lowest BCUT2D eigenvalue weighted by molar-refractivity contribution is -0.138. The Labute approximate surface area is 133 Å². The molecular weight excluding hydrogens is 304 g/mol. The highest BCUT2D eigenvalue weighted by atomic mass is 19.3. The fourth-order valence-corrected chi connectivity index (χ4v) is 2.87. The van der Waals surface area contributed by atoms with E-state index >= 15 is 0 Å². The van der Waals surface area contributed by atoms with Gasteiger partial charge in [-0.15, -0.1) is 0 Å². The first-order valence-electron chi connectivity index (χ1n) is 7.82. The van der Waals surface area contributed by atoms with Gasteiger partial charge in [-0.1, -0.05) is 30.3 Å². The Hall–Kier alpha value is -1.98. The van der Waals surface area contributed by atoms with Gasteiger partial charge in [0.1, 0.15) is 0 Å². The average Bonchev–Trinajstić information content (AvgIpc) is 2.51. The zero-order valence-corrected chi connectivity index (χ0v) is 12.8. The van der Waals surface area contributed by atoms with Gasteiger partial charge in [0.25, 0.3) is 0 Å². The number of rotatable bonds is 6. The lowest BCUT2D eigenvalue weighted by Gasteiger charge is -2.29. The second kappa shape index (κ2) is 7.53. The number of benzene rings is 1. The maximum absolute atomic E-state index is 13.2. The molecule has 1 aliphatic rings. The predicted molar refractivity (Wildman–Crippen MR) is 81.1 cm³/mol. The third-order valence-corrected chi connectivity index (χ3v) is 4.25. The molecule has 0 aliphatic heterocycles. The van der Waals surface area contributed by atoms with Crippen LogP contribution in [0.4, 0.5) is 8.78 Å². The van der Waals surface area contributed by atoms with Crippen molar-refractivity contribution in [2.45, 2.75) is 50.5 Å². The van der Waals surface area contributed by atoms with E-state index in [1.165, 1.54) is 0 Å². The van der Waals surface area contributed by atoms with Crippen LogP contribution in [0.25, 0.3) is 0 Å². The van der Waals surface area contributed by atoms with Gasteiger partial charge in [-0.25, -0.2) is 8.78 Å². The molecule has 0 radical (unpaired) electrons. The molecule has 0 aromatic heterocycles. The van der Waals surface area contributed by atoms with Gasteiger partial charge in [0.05, 0.1) is 6.04 Å². The Balaban J connectivity index is 1.99. The van der Waals surface area contributed by atoms with Crippen LogP contribution >= 0.6 is 0 Å². The highest BCUT2D eigenvalue weighted by molar-refractivity contribution is 5.79. The highest BCUT2D eigenvalue weighted by Crippen LogP contribution is 2.36. The van der Waals surface area contributed by atoms with Crippen LogP contribution in [-0.4, -0.2) is 22.9 Å². The van der Waals surface area contributed by atoms with Gasteiger partial charge in [0, 0.05) is 25.2 Å². The van der Waals surface area contributed by atoms with Crippen molar-refractivity contribution in [1.29, 1.82) is 0 Å².